The van der Waals surface area contributed by atoms with Crippen molar-refractivity contribution in [2.45, 2.75) is 32.1 Å². The Hall–Kier alpha value is -1.02. The average Bonchev–Trinajstić information content (AvgIpc) is 2.54. The van der Waals surface area contributed by atoms with Gasteiger partial charge in [-0.05, 0) is 42.7 Å². The quantitative estimate of drug-likeness (QED) is 0.760. The zero-order valence-corrected chi connectivity index (χ0v) is 11.0. The highest BCUT2D eigenvalue weighted by atomic mass is 15.2. The molecule has 0 aromatic rings. The molecular formula is C16H22N2. The van der Waals surface area contributed by atoms with Gasteiger partial charge in [0.2, 0.25) is 0 Å². The van der Waals surface area contributed by atoms with Gasteiger partial charge in [-0.3, -0.25) is 0 Å². The molecule has 1 N–H and O–H groups in total. The molecule has 0 aromatic heterocycles. The van der Waals surface area contributed by atoms with Gasteiger partial charge < -0.3 is 10.2 Å². The lowest BCUT2D eigenvalue weighted by Crippen LogP contribution is -2.32. The van der Waals surface area contributed by atoms with Gasteiger partial charge in [-0.2, -0.15) is 0 Å². The maximum absolute atomic E-state index is 3.55. The fraction of sp³-hybridized carbons (Fsp3) is 0.625. The highest BCUT2D eigenvalue weighted by Crippen LogP contribution is 2.45. The molecule has 2 aliphatic carbocycles. The molecule has 0 radical (unpaired) electrons. The number of nitrogens with zero attached hydrogens (tertiary/aromatic N) is 1. The molecule has 0 aromatic carbocycles. The summed E-state index contributed by atoms with van der Waals surface area (Å²) in [5.41, 5.74) is 4.90. The number of hydrogen-bond acceptors (Lipinski definition) is 2. The van der Waals surface area contributed by atoms with Gasteiger partial charge in [0.15, 0.2) is 0 Å². The zero-order chi connectivity index (χ0) is 11.9. The summed E-state index contributed by atoms with van der Waals surface area (Å²) in [6.07, 6.45) is 14.2. The molecule has 1 saturated heterocycles. The summed E-state index contributed by atoms with van der Waals surface area (Å²) in [6.45, 7) is 3.30. The molecule has 1 atom stereocenters. The topological polar surface area (TPSA) is 15.3 Å². The average molecular weight is 242 g/mol. The lowest BCUT2D eigenvalue weighted by atomic mass is 9.69. The van der Waals surface area contributed by atoms with Gasteiger partial charge in [0.25, 0.3) is 0 Å². The first-order chi connectivity index (χ1) is 8.93. The van der Waals surface area contributed by atoms with Crippen molar-refractivity contribution in [3.8, 4) is 0 Å². The van der Waals surface area contributed by atoms with Crippen molar-refractivity contribution in [2.75, 3.05) is 19.6 Å². The van der Waals surface area contributed by atoms with Crippen molar-refractivity contribution >= 4 is 0 Å². The summed E-state index contributed by atoms with van der Waals surface area (Å²) in [7, 11) is 0. The maximum atomic E-state index is 3.55. The molecule has 0 spiro atoms. The maximum Gasteiger partial charge on any atom is 0.0446 e. The van der Waals surface area contributed by atoms with E-state index in [0.29, 0.717) is 0 Å². The first kappa shape index (κ1) is 10.9. The van der Waals surface area contributed by atoms with Crippen molar-refractivity contribution in [2.24, 2.45) is 11.8 Å². The summed E-state index contributed by atoms with van der Waals surface area (Å²) in [5.74, 6) is 1.70. The standard InChI is InChI=1S/C16H22N2/c1-3-12(4-1)14-7-9-18-10-8-17-11-13-5-2-6-15(14)16(13)18/h5,7,9,12,14,17H,1-4,6,8,10-11H2. The van der Waals surface area contributed by atoms with E-state index >= 15 is 0 Å². The molecule has 2 nitrogen and oxygen atoms in total. The minimum Gasteiger partial charge on any atom is -0.347 e. The van der Waals surface area contributed by atoms with Crippen molar-refractivity contribution in [3.63, 3.8) is 0 Å². The van der Waals surface area contributed by atoms with E-state index in [4.69, 9.17) is 0 Å². The van der Waals surface area contributed by atoms with E-state index in [1.54, 1.807) is 16.8 Å². The van der Waals surface area contributed by atoms with Gasteiger partial charge in [-0.15, -0.1) is 0 Å². The fourth-order valence-corrected chi connectivity index (χ4v) is 3.91. The highest BCUT2D eigenvalue weighted by molar-refractivity contribution is 5.44. The number of allylic oxidation sites excluding steroid dienone is 3. The van der Waals surface area contributed by atoms with Crippen molar-refractivity contribution in [1.29, 1.82) is 0 Å². The second-order valence-corrected chi connectivity index (χ2v) is 6.07. The SMILES string of the molecule is C1=CN2CCNCC3=CCCC(=C32)C1C1CCC1. The second-order valence-electron chi connectivity index (χ2n) is 6.07. The van der Waals surface area contributed by atoms with Gasteiger partial charge in [-0.25, -0.2) is 0 Å². The normalized spacial score (nSPS) is 31.7. The third kappa shape index (κ3) is 1.58. The summed E-state index contributed by atoms with van der Waals surface area (Å²) in [6, 6.07) is 0. The van der Waals surface area contributed by atoms with E-state index in [1.165, 1.54) is 32.1 Å². The van der Waals surface area contributed by atoms with Crippen LogP contribution in [0, 0.1) is 11.8 Å². The van der Waals surface area contributed by atoms with Crippen LogP contribution in [0.1, 0.15) is 32.1 Å². The van der Waals surface area contributed by atoms with E-state index in [1.807, 2.05) is 0 Å². The monoisotopic (exact) mass is 242 g/mol. The van der Waals surface area contributed by atoms with Crippen LogP contribution in [-0.4, -0.2) is 24.5 Å². The number of hydrogen-bond donors (Lipinski definition) is 1. The van der Waals surface area contributed by atoms with Gasteiger partial charge in [0.05, 0.1) is 0 Å². The van der Waals surface area contributed by atoms with E-state index in [2.05, 4.69) is 28.6 Å². The Bertz CT molecular complexity index is 440. The van der Waals surface area contributed by atoms with Crippen LogP contribution in [0.4, 0.5) is 0 Å². The Morgan fingerprint density at radius 1 is 1.28 bits per heavy atom. The van der Waals surface area contributed by atoms with Crippen LogP contribution in [-0.2, 0) is 0 Å². The summed E-state index contributed by atoms with van der Waals surface area (Å²) in [5, 5.41) is 3.55. The van der Waals surface area contributed by atoms with E-state index < -0.39 is 0 Å². The predicted octanol–water partition coefficient (Wildman–Crippen LogP) is 2.81. The van der Waals surface area contributed by atoms with Crippen molar-refractivity contribution in [1.82, 2.24) is 10.2 Å². The molecule has 18 heavy (non-hydrogen) atoms. The van der Waals surface area contributed by atoms with Crippen molar-refractivity contribution in [3.05, 3.63) is 35.2 Å². The van der Waals surface area contributed by atoms with Gasteiger partial charge in [-0.1, -0.05) is 18.6 Å². The smallest absolute Gasteiger partial charge is 0.0446 e. The van der Waals surface area contributed by atoms with E-state index in [0.717, 1.165) is 31.5 Å². The van der Waals surface area contributed by atoms with E-state index in [9.17, 15) is 0 Å². The van der Waals surface area contributed by atoms with Gasteiger partial charge >= 0.3 is 0 Å². The molecule has 1 saturated carbocycles. The zero-order valence-electron chi connectivity index (χ0n) is 11.0. The Balaban J connectivity index is 1.74. The molecule has 2 aliphatic heterocycles. The molecule has 2 heteroatoms. The van der Waals surface area contributed by atoms with Crippen LogP contribution < -0.4 is 5.32 Å². The van der Waals surface area contributed by atoms with E-state index in [-0.39, 0.29) is 0 Å². The minimum atomic E-state index is 0.756. The molecule has 1 unspecified atom stereocenters. The molecule has 0 amide bonds. The molecule has 0 bridgehead atoms. The molecule has 2 heterocycles. The van der Waals surface area contributed by atoms with Crippen LogP contribution in [0.25, 0.3) is 0 Å². The largest absolute Gasteiger partial charge is 0.347 e. The van der Waals surface area contributed by atoms with Gasteiger partial charge in [0, 0.05) is 37.4 Å². The fourth-order valence-electron chi connectivity index (χ4n) is 3.91. The lowest BCUT2D eigenvalue weighted by Gasteiger charge is -2.41. The molecule has 2 fully saturated rings. The molecule has 4 aliphatic rings. The first-order valence-corrected chi connectivity index (χ1v) is 7.51. The van der Waals surface area contributed by atoms with Crippen LogP contribution >= 0.6 is 0 Å². The highest BCUT2D eigenvalue weighted by Gasteiger charge is 2.35. The van der Waals surface area contributed by atoms with Crippen LogP contribution in [0.2, 0.25) is 0 Å². The number of nitrogens with one attached hydrogen (secondary N) is 1. The Kier molecular flexibility index (Phi) is 2.58. The van der Waals surface area contributed by atoms with Crippen LogP contribution in [0.3, 0.4) is 0 Å². The summed E-state index contributed by atoms with van der Waals surface area (Å²) < 4.78 is 0. The lowest BCUT2D eigenvalue weighted by molar-refractivity contribution is 0.251. The number of rotatable bonds is 1. The third-order valence-corrected chi connectivity index (χ3v) is 5.08. The second kappa shape index (κ2) is 4.27. The van der Waals surface area contributed by atoms with Crippen molar-refractivity contribution < 1.29 is 0 Å². The van der Waals surface area contributed by atoms with Crippen LogP contribution in [0.15, 0.2) is 35.2 Å². The summed E-state index contributed by atoms with van der Waals surface area (Å²) >= 11 is 0. The van der Waals surface area contributed by atoms with Crippen LogP contribution in [0.5, 0.6) is 0 Å². The predicted molar refractivity (Wildman–Crippen MR) is 73.9 cm³/mol. The molecule has 96 valence electrons. The van der Waals surface area contributed by atoms with Gasteiger partial charge in [0.1, 0.15) is 0 Å². The minimum absolute atomic E-state index is 0.756. The Morgan fingerprint density at radius 3 is 3.06 bits per heavy atom. The third-order valence-electron chi connectivity index (χ3n) is 5.08. The Morgan fingerprint density at radius 2 is 2.22 bits per heavy atom. The summed E-state index contributed by atoms with van der Waals surface area (Å²) in [4.78, 5) is 2.50. The Labute approximate surface area is 109 Å². The molecular weight excluding hydrogens is 220 g/mol. The first-order valence-electron chi connectivity index (χ1n) is 7.51. The molecule has 4 rings (SSSR count).